The fourth-order valence-electron chi connectivity index (χ4n) is 2.44. The average molecular weight is 397 g/mol. The van der Waals surface area contributed by atoms with Crippen LogP contribution in [0.1, 0.15) is 36.7 Å². The number of hydrogen-bond acceptors (Lipinski definition) is 4. The van der Waals surface area contributed by atoms with E-state index in [-0.39, 0.29) is 29.7 Å². The molecule has 0 unspecified atom stereocenters. The number of nitrogens with one attached hydrogen (secondary N) is 1. The molecule has 0 radical (unpaired) electrons. The minimum absolute atomic E-state index is 0.0665. The molecular weight excluding hydrogens is 375 g/mol. The van der Waals surface area contributed by atoms with Crippen molar-refractivity contribution in [2.75, 3.05) is 19.0 Å². The van der Waals surface area contributed by atoms with Crippen LogP contribution in [0.4, 0.5) is 18.9 Å². The van der Waals surface area contributed by atoms with E-state index in [4.69, 9.17) is 14.2 Å². The molecule has 152 valence electrons. The van der Waals surface area contributed by atoms with Crippen LogP contribution in [0.25, 0.3) is 0 Å². The first-order valence-corrected chi connectivity index (χ1v) is 8.65. The molecule has 28 heavy (non-hydrogen) atoms. The Morgan fingerprint density at radius 3 is 2.32 bits per heavy atom. The van der Waals surface area contributed by atoms with Gasteiger partial charge < -0.3 is 19.5 Å². The summed E-state index contributed by atoms with van der Waals surface area (Å²) in [4.78, 5) is 12.6. The minimum Gasteiger partial charge on any atom is -0.493 e. The first-order valence-electron chi connectivity index (χ1n) is 8.65. The fourth-order valence-corrected chi connectivity index (χ4v) is 2.44. The summed E-state index contributed by atoms with van der Waals surface area (Å²) in [6.45, 7) is 5.64. The van der Waals surface area contributed by atoms with Gasteiger partial charge in [-0.2, -0.15) is 13.2 Å². The quantitative estimate of drug-likeness (QED) is 0.702. The third kappa shape index (κ3) is 5.31. The summed E-state index contributed by atoms with van der Waals surface area (Å²) in [5.74, 6) is 0.351. The van der Waals surface area contributed by atoms with E-state index < -0.39 is 17.6 Å². The lowest BCUT2D eigenvalue weighted by Gasteiger charge is -2.16. The van der Waals surface area contributed by atoms with Gasteiger partial charge in [0.1, 0.15) is 5.75 Å². The monoisotopic (exact) mass is 397 g/mol. The zero-order valence-corrected chi connectivity index (χ0v) is 16.0. The van der Waals surface area contributed by atoms with E-state index in [1.54, 1.807) is 13.0 Å². The summed E-state index contributed by atoms with van der Waals surface area (Å²) < 4.78 is 55.2. The number of methoxy groups -OCH3 is 1. The number of carbonyl (C=O) groups excluding carboxylic acids is 1. The van der Waals surface area contributed by atoms with Gasteiger partial charge in [-0.15, -0.1) is 0 Å². The molecule has 0 aliphatic carbocycles. The maximum absolute atomic E-state index is 13.0. The number of benzene rings is 2. The van der Waals surface area contributed by atoms with Crippen LogP contribution in [0.3, 0.4) is 0 Å². The Morgan fingerprint density at radius 1 is 1.07 bits per heavy atom. The predicted molar refractivity (Wildman–Crippen MR) is 99.3 cm³/mol. The van der Waals surface area contributed by atoms with Gasteiger partial charge in [-0.25, -0.2) is 0 Å². The standard InChI is InChI=1S/C20H22F3NO4/c1-5-27-16-9-7-14(20(21,22)23)11-15(16)24-19(25)13-6-8-17(28-12(2)3)18(10-13)26-4/h6-12H,5H2,1-4H3,(H,24,25). The predicted octanol–water partition coefficient (Wildman–Crippen LogP) is 5.15. The van der Waals surface area contributed by atoms with Crippen molar-refractivity contribution in [3.8, 4) is 17.2 Å². The molecule has 0 spiro atoms. The Kier molecular flexibility index (Phi) is 6.77. The highest BCUT2D eigenvalue weighted by atomic mass is 19.4. The van der Waals surface area contributed by atoms with Gasteiger partial charge in [0.25, 0.3) is 5.91 Å². The molecule has 0 aliphatic rings. The van der Waals surface area contributed by atoms with Crippen LogP contribution in [0.15, 0.2) is 36.4 Å². The third-order valence-electron chi connectivity index (χ3n) is 3.64. The highest BCUT2D eigenvalue weighted by Gasteiger charge is 2.31. The number of anilines is 1. The van der Waals surface area contributed by atoms with Gasteiger partial charge in [-0.05, 0) is 57.2 Å². The second-order valence-electron chi connectivity index (χ2n) is 6.13. The smallest absolute Gasteiger partial charge is 0.416 e. The molecule has 1 amide bonds. The van der Waals surface area contributed by atoms with E-state index in [9.17, 15) is 18.0 Å². The lowest BCUT2D eigenvalue weighted by Crippen LogP contribution is -2.15. The Hall–Kier alpha value is -2.90. The molecule has 0 saturated heterocycles. The van der Waals surface area contributed by atoms with Crippen LogP contribution in [0, 0.1) is 0 Å². The zero-order chi connectivity index (χ0) is 20.9. The molecule has 0 saturated carbocycles. The lowest BCUT2D eigenvalue weighted by atomic mass is 10.1. The molecule has 5 nitrogen and oxygen atoms in total. The summed E-state index contributed by atoms with van der Waals surface area (Å²) in [6, 6.07) is 7.47. The summed E-state index contributed by atoms with van der Waals surface area (Å²) in [7, 11) is 1.43. The molecule has 2 aromatic rings. The van der Waals surface area contributed by atoms with Crippen LogP contribution >= 0.6 is 0 Å². The number of alkyl halides is 3. The third-order valence-corrected chi connectivity index (χ3v) is 3.64. The lowest BCUT2D eigenvalue weighted by molar-refractivity contribution is -0.137. The van der Waals surface area contributed by atoms with Crippen molar-refractivity contribution >= 4 is 11.6 Å². The van der Waals surface area contributed by atoms with E-state index in [0.717, 1.165) is 12.1 Å². The van der Waals surface area contributed by atoms with E-state index in [1.165, 1.54) is 25.3 Å². The number of hydrogen-bond donors (Lipinski definition) is 1. The van der Waals surface area contributed by atoms with Gasteiger partial charge in [0, 0.05) is 5.56 Å². The molecule has 0 fully saturated rings. The van der Waals surface area contributed by atoms with Gasteiger partial charge >= 0.3 is 6.18 Å². The van der Waals surface area contributed by atoms with Crippen molar-refractivity contribution in [2.24, 2.45) is 0 Å². The Morgan fingerprint density at radius 2 is 1.75 bits per heavy atom. The van der Waals surface area contributed by atoms with Gasteiger partial charge in [0.2, 0.25) is 0 Å². The van der Waals surface area contributed by atoms with Crippen LogP contribution in [0.5, 0.6) is 17.2 Å². The van der Waals surface area contributed by atoms with Crippen molar-refractivity contribution in [1.82, 2.24) is 0 Å². The van der Waals surface area contributed by atoms with Gasteiger partial charge in [-0.1, -0.05) is 0 Å². The number of carbonyl (C=O) groups is 1. The van der Waals surface area contributed by atoms with Crippen LogP contribution < -0.4 is 19.5 Å². The maximum atomic E-state index is 13.0. The van der Waals surface area contributed by atoms with Crippen LogP contribution in [0.2, 0.25) is 0 Å². The number of ether oxygens (including phenoxy) is 3. The zero-order valence-electron chi connectivity index (χ0n) is 16.0. The molecule has 2 rings (SSSR count). The first kappa shape index (κ1) is 21.4. The largest absolute Gasteiger partial charge is 0.493 e. The molecule has 0 atom stereocenters. The number of amides is 1. The number of rotatable bonds is 7. The van der Waals surface area contributed by atoms with Crippen molar-refractivity contribution in [1.29, 1.82) is 0 Å². The molecule has 0 aliphatic heterocycles. The Labute approximate surface area is 161 Å². The maximum Gasteiger partial charge on any atom is 0.416 e. The normalized spacial score (nSPS) is 11.3. The fraction of sp³-hybridized carbons (Fsp3) is 0.350. The van der Waals surface area contributed by atoms with E-state index in [2.05, 4.69) is 5.32 Å². The SMILES string of the molecule is CCOc1ccc(C(F)(F)F)cc1NC(=O)c1ccc(OC(C)C)c(OC)c1. The molecule has 0 heterocycles. The van der Waals surface area contributed by atoms with Crippen LogP contribution in [-0.2, 0) is 6.18 Å². The van der Waals surface area contributed by atoms with E-state index >= 15 is 0 Å². The minimum atomic E-state index is -4.54. The van der Waals surface area contributed by atoms with E-state index in [1.807, 2.05) is 13.8 Å². The Balaban J connectivity index is 2.33. The second kappa shape index (κ2) is 8.86. The average Bonchev–Trinajstić information content (AvgIpc) is 2.62. The first-order chi connectivity index (χ1) is 13.2. The Bertz CT molecular complexity index is 835. The van der Waals surface area contributed by atoms with Gasteiger partial charge in [-0.3, -0.25) is 4.79 Å². The molecule has 1 N–H and O–H groups in total. The summed E-state index contributed by atoms with van der Waals surface area (Å²) >= 11 is 0. The van der Waals surface area contributed by atoms with E-state index in [0.29, 0.717) is 11.5 Å². The van der Waals surface area contributed by atoms with Crippen molar-refractivity contribution in [3.05, 3.63) is 47.5 Å². The highest BCUT2D eigenvalue weighted by molar-refractivity contribution is 6.05. The van der Waals surface area contributed by atoms with Crippen molar-refractivity contribution < 1.29 is 32.2 Å². The van der Waals surface area contributed by atoms with Gasteiger partial charge in [0.05, 0.1) is 31.1 Å². The topological polar surface area (TPSA) is 56.8 Å². The highest BCUT2D eigenvalue weighted by Crippen LogP contribution is 2.35. The second-order valence-corrected chi connectivity index (χ2v) is 6.13. The molecule has 2 aromatic carbocycles. The molecular formula is C20H22F3NO4. The van der Waals surface area contributed by atoms with Crippen LogP contribution in [-0.4, -0.2) is 25.7 Å². The molecule has 0 aromatic heterocycles. The van der Waals surface area contributed by atoms with Gasteiger partial charge in [0.15, 0.2) is 11.5 Å². The number of halogens is 3. The van der Waals surface area contributed by atoms with Crippen molar-refractivity contribution in [3.63, 3.8) is 0 Å². The summed E-state index contributed by atoms with van der Waals surface area (Å²) in [5, 5.41) is 2.48. The molecule has 8 heteroatoms. The summed E-state index contributed by atoms with van der Waals surface area (Å²) in [6.07, 6.45) is -4.63. The van der Waals surface area contributed by atoms with Crippen molar-refractivity contribution in [2.45, 2.75) is 33.1 Å². The summed E-state index contributed by atoms with van der Waals surface area (Å²) in [5.41, 5.74) is -0.750. The molecule has 0 bridgehead atoms.